The zero-order chi connectivity index (χ0) is 17.6. The molecule has 0 unspecified atom stereocenters. The van der Waals surface area contributed by atoms with Gasteiger partial charge in [-0.15, -0.1) is 0 Å². The van der Waals surface area contributed by atoms with E-state index in [1.807, 2.05) is 5.32 Å². The first-order chi connectivity index (χ1) is 10.6. The number of nitrogens with two attached hydrogens (primary N) is 2. The summed E-state index contributed by atoms with van der Waals surface area (Å²) in [5.74, 6) is -2.29. The van der Waals surface area contributed by atoms with Gasteiger partial charge in [0, 0.05) is 6.54 Å². The molecule has 1 aromatic carbocycles. The van der Waals surface area contributed by atoms with Gasteiger partial charge in [0.2, 0.25) is 11.8 Å². The lowest BCUT2D eigenvalue weighted by Crippen LogP contribution is -2.55. The summed E-state index contributed by atoms with van der Waals surface area (Å²) in [7, 11) is 0. The van der Waals surface area contributed by atoms with Gasteiger partial charge in [0.15, 0.2) is 6.04 Å². The molecule has 0 aromatic heterocycles. The molecule has 0 fully saturated rings. The molecule has 0 aliphatic carbocycles. The SMILES string of the molecule is NC(=O)C(NC(=O)NCCc1ccccc1C(F)(F)F)C(N)=O. The third-order valence-electron chi connectivity index (χ3n) is 2.85. The molecule has 0 saturated carbocycles. The van der Waals surface area contributed by atoms with Gasteiger partial charge in [-0.25, -0.2) is 4.79 Å². The van der Waals surface area contributed by atoms with E-state index >= 15 is 0 Å². The lowest BCUT2D eigenvalue weighted by atomic mass is 10.0. The zero-order valence-corrected chi connectivity index (χ0v) is 11.8. The lowest BCUT2D eigenvalue weighted by molar-refractivity contribution is -0.138. The number of primary amides is 2. The van der Waals surface area contributed by atoms with Gasteiger partial charge in [-0.1, -0.05) is 18.2 Å². The maximum atomic E-state index is 12.8. The van der Waals surface area contributed by atoms with Crippen LogP contribution < -0.4 is 22.1 Å². The highest BCUT2D eigenvalue weighted by atomic mass is 19.4. The van der Waals surface area contributed by atoms with Crippen LogP contribution in [0.1, 0.15) is 11.1 Å². The van der Waals surface area contributed by atoms with E-state index < -0.39 is 35.6 Å². The Morgan fingerprint density at radius 1 is 1.09 bits per heavy atom. The third-order valence-corrected chi connectivity index (χ3v) is 2.85. The second-order valence-electron chi connectivity index (χ2n) is 4.54. The van der Waals surface area contributed by atoms with Crippen molar-refractivity contribution in [1.82, 2.24) is 10.6 Å². The minimum atomic E-state index is -4.50. The highest BCUT2D eigenvalue weighted by molar-refractivity contribution is 6.05. The number of alkyl halides is 3. The summed E-state index contributed by atoms with van der Waals surface area (Å²) in [6, 6.07) is 2.29. The minimum absolute atomic E-state index is 0.00153. The van der Waals surface area contributed by atoms with Crippen molar-refractivity contribution in [2.75, 3.05) is 6.54 Å². The summed E-state index contributed by atoms with van der Waals surface area (Å²) < 4.78 is 38.3. The van der Waals surface area contributed by atoms with Crippen molar-refractivity contribution in [3.05, 3.63) is 35.4 Å². The molecule has 0 saturated heterocycles. The molecule has 1 aromatic rings. The standard InChI is InChI=1S/C13H15F3N4O3/c14-13(15,16)8-4-2-1-3-7(8)5-6-19-12(23)20-9(10(17)21)11(18)22/h1-4,9H,5-6H2,(H2,17,21)(H2,18,22)(H2,19,20,23). The Labute approximate surface area is 129 Å². The lowest BCUT2D eigenvalue weighted by Gasteiger charge is -2.14. The second kappa shape index (κ2) is 7.47. The molecule has 0 bridgehead atoms. The predicted molar refractivity (Wildman–Crippen MR) is 73.9 cm³/mol. The van der Waals surface area contributed by atoms with Gasteiger partial charge in [-0.05, 0) is 18.1 Å². The van der Waals surface area contributed by atoms with E-state index in [0.717, 1.165) is 6.07 Å². The number of hydrogen-bond acceptors (Lipinski definition) is 3. The number of halogens is 3. The quantitative estimate of drug-likeness (QED) is 0.543. The van der Waals surface area contributed by atoms with Crippen LogP contribution in [-0.4, -0.2) is 30.4 Å². The number of carbonyl (C=O) groups is 3. The van der Waals surface area contributed by atoms with Crippen LogP contribution >= 0.6 is 0 Å². The molecule has 10 heteroatoms. The molecule has 0 radical (unpaired) electrons. The first kappa shape index (κ1) is 18.3. The van der Waals surface area contributed by atoms with Crippen LogP contribution in [0.25, 0.3) is 0 Å². The number of hydrogen-bond donors (Lipinski definition) is 4. The highest BCUT2D eigenvalue weighted by Gasteiger charge is 2.32. The van der Waals surface area contributed by atoms with E-state index in [9.17, 15) is 27.6 Å². The van der Waals surface area contributed by atoms with Crippen molar-refractivity contribution in [1.29, 1.82) is 0 Å². The molecule has 7 nitrogen and oxygen atoms in total. The van der Waals surface area contributed by atoms with E-state index in [4.69, 9.17) is 11.5 Å². The topological polar surface area (TPSA) is 127 Å². The van der Waals surface area contributed by atoms with Gasteiger partial charge in [-0.3, -0.25) is 9.59 Å². The molecule has 0 spiro atoms. The van der Waals surface area contributed by atoms with Crippen molar-refractivity contribution in [3.8, 4) is 0 Å². The summed E-state index contributed by atoms with van der Waals surface area (Å²) in [5, 5.41) is 4.14. The molecule has 4 amide bonds. The van der Waals surface area contributed by atoms with E-state index in [2.05, 4.69) is 5.32 Å². The molecule has 0 aliphatic heterocycles. The Kier molecular flexibility index (Phi) is 5.94. The Hall–Kier alpha value is -2.78. The first-order valence-electron chi connectivity index (χ1n) is 6.41. The highest BCUT2D eigenvalue weighted by Crippen LogP contribution is 2.31. The van der Waals surface area contributed by atoms with Crippen molar-refractivity contribution < 1.29 is 27.6 Å². The molecule has 126 valence electrons. The molecule has 6 N–H and O–H groups in total. The number of nitrogens with one attached hydrogen (secondary N) is 2. The normalized spacial score (nSPS) is 11.1. The van der Waals surface area contributed by atoms with E-state index in [1.165, 1.54) is 18.2 Å². The van der Waals surface area contributed by atoms with Crippen LogP contribution in [0.3, 0.4) is 0 Å². The van der Waals surface area contributed by atoms with Gasteiger partial charge in [0.25, 0.3) is 0 Å². The van der Waals surface area contributed by atoms with Crippen molar-refractivity contribution in [2.24, 2.45) is 11.5 Å². The summed E-state index contributed by atoms with van der Waals surface area (Å²) in [4.78, 5) is 33.2. The van der Waals surface area contributed by atoms with Gasteiger partial charge in [-0.2, -0.15) is 13.2 Å². The predicted octanol–water partition coefficient (Wildman–Crippen LogP) is -0.114. The molecular weight excluding hydrogens is 317 g/mol. The maximum absolute atomic E-state index is 12.8. The number of benzene rings is 1. The fourth-order valence-corrected chi connectivity index (χ4v) is 1.79. The van der Waals surface area contributed by atoms with E-state index in [-0.39, 0.29) is 18.5 Å². The van der Waals surface area contributed by atoms with Gasteiger partial charge in [0.1, 0.15) is 0 Å². The molecule has 0 atom stereocenters. The third kappa shape index (κ3) is 5.49. The average Bonchev–Trinajstić information content (AvgIpc) is 2.43. The second-order valence-corrected chi connectivity index (χ2v) is 4.54. The van der Waals surface area contributed by atoms with Gasteiger partial charge in [0.05, 0.1) is 5.56 Å². The van der Waals surface area contributed by atoms with Crippen LogP contribution in [0.15, 0.2) is 24.3 Å². The number of rotatable bonds is 6. The van der Waals surface area contributed by atoms with Crippen molar-refractivity contribution >= 4 is 17.8 Å². The summed E-state index contributed by atoms with van der Waals surface area (Å²) in [5.41, 5.74) is 8.94. The van der Waals surface area contributed by atoms with Gasteiger partial charge >= 0.3 is 12.2 Å². The van der Waals surface area contributed by atoms with Crippen LogP contribution in [0.2, 0.25) is 0 Å². The fourth-order valence-electron chi connectivity index (χ4n) is 1.79. The fraction of sp³-hybridized carbons (Fsp3) is 0.308. The van der Waals surface area contributed by atoms with Crippen LogP contribution in [0, 0.1) is 0 Å². The van der Waals surface area contributed by atoms with Crippen LogP contribution in [0.4, 0.5) is 18.0 Å². The Morgan fingerprint density at radius 2 is 1.65 bits per heavy atom. The van der Waals surface area contributed by atoms with Crippen molar-refractivity contribution in [3.63, 3.8) is 0 Å². The van der Waals surface area contributed by atoms with Crippen LogP contribution in [-0.2, 0) is 22.2 Å². The Balaban J connectivity index is 2.60. The van der Waals surface area contributed by atoms with E-state index in [0.29, 0.717) is 0 Å². The monoisotopic (exact) mass is 332 g/mol. The number of urea groups is 1. The Bertz CT molecular complexity index is 590. The summed E-state index contributed by atoms with van der Waals surface area (Å²) in [6.45, 7) is -0.150. The van der Waals surface area contributed by atoms with E-state index in [1.54, 1.807) is 0 Å². The largest absolute Gasteiger partial charge is 0.416 e. The first-order valence-corrected chi connectivity index (χ1v) is 6.41. The summed E-state index contributed by atoms with van der Waals surface area (Å²) >= 11 is 0. The Morgan fingerprint density at radius 3 is 2.17 bits per heavy atom. The van der Waals surface area contributed by atoms with Crippen LogP contribution in [0.5, 0.6) is 0 Å². The molecule has 0 aliphatic rings. The number of amides is 4. The van der Waals surface area contributed by atoms with Gasteiger partial charge < -0.3 is 22.1 Å². The zero-order valence-electron chi connectivity index (χ0n) is 11.8. The minimum Gasteiger partial charge on any atom is -0.367 e. The molecular formula is C13H15F3N4O3. The smallest absolute Gasteiger partial charge is 0.367 e. The molecule has 1 rings (SSSR count). The van der Waals surface area contributed by atoms with Crippen molar-refractivity contribution in [2.45, 2.75) is 18.6 Å². The number of carbonyl (C=O) groups excluding carboxylic acids is 3. The maximum Gasteiger partial charge on any atom is 0.416 e. The molecule has 0 heterocycles. The summed E-state index contributed by atoms with van der Waals surface area (Å²) in [6.07, 6.45) is -4.59. The molecule has 23 heavy (non-hydrogen) atoms. The average molecular weight is 332 g/mol.